The number of anilines is 3. The van der Waals surface area contributed by atoms with Gasteiger partial charge in [-0.25, -0.2) is 0 Å². The van der Waals surface area contributed by atoms with Crippen LogP contribution in [0.25, 0.3) is 33.4 Å². The molecule has 0 heterocycles. The zero-order valence-corrected chi connectivity index (χ0v) is 21.4. The Morgan fingerprint density at radius 2 is 0.765 bits per heavy atom. The number of nitrogens with zero attached hydrogens (tertiary/aromatic N) is 3. The average Bonchev–Trinajstić information content (AvgIpc) is 2.83. The minimum atomic E-state index is 1.20. The minimum absolute atomic E-state index is 1.20. The Bertz CT molecular complexity index is 1200. The highest BCUT2D eigenvalue weighted by Gasteiger charge is 2.11. The van der Waals surface area contributed by atoms with E-state index in [1.807, 2.05) is 0 Å². The van der Waals surface area contributed by atoms with Crippen molar-refractivity contribution < 1.29 is 0 Å². The van der Waals surface area contributed by atoms with Gasteiger partial charge in [-0.1, -0.05) is 30.3 Å². The lowest BCUT2D eigenvalue weighted by molar-refractivity contribution is 1.13. The van der Waals surface area contributed by atoms with Crippen molar-refractivity contribution in [2.45, 2.75) is 6.92 Å². The first-order valence-corrected chi connectivity index (χ1v) is 11.7. The highest BCUT2D eigenvalue weighted by Crippen LogP contribution is 2.36. The molecule has 0 radical (unpaired) electrons. The molecule has 0 amide bonds. The summed E-state index contributed by atoms with van der Waals surface area (Å²) in [6.45, 7) is 2.20. The second kappa shape index (κ2) is 9.64. The monoisotopic (exact) mass is 449 g/mol. The van der Waals surface area contributed by atoms with Crippen molar-refractivity contribution >= 4 is 17.1 Å². The van der Waals surface area contributed by atoms with Gasteiger partial charge >= 0.3 is 0 Å². The van der Waals surface area contributed by atoms with Crippen molar-refractivity contribution in [3.8, 4) is 33.4 Å². The zero-order valence-electron chi connectivity index (χ0n) is 21.4. The van der Waals surface area contributed by atoms with E-state index in [2.05, 4.69) is 149 Å². The van der Waals surface area contributed by atoms with Gasteiger partial charge in [-0.05, 0) is 100 Å². The zero-order chi connectivity index (χ0) is 24.4. The third kappa shape index (κ3) is 4.94. The van der Waals surface area contributed by atoms with Crippen LogP contribution in [0.4, 0.5) is 17.1 Å². The molecule has 0 saturated carbocycles. The molecular weight excluding hydrogens is 414 g/mol. The lowest BCUT2D eigenvalue weighted by Gasteiger charge is -2.18. The van der Waals surface area contributed by atoms with Gasteiger partial charge in [-0.3, -0.25) is 0 Å². The molecule has 3 nitrogen and oxygen atoms in total. The van der Waals surface area contributed by atoms with Crippen molar-refractivity contribution in [3.63, 3.8) is 0 Å². The van der Waals surface area contributed by atoms with E-state index in [0.29, 0.717) is 0 Å². The molecule has 0 unspecified atom stereocenters. The molecule has 0 bridgehead atoms. The third-order valence-electron chi connectivity index (χ3n) is 6.40. The van der Waals surface area contributed by atoms with Crippen LogP contribution >= 0.6 is 0 Å². The van der Waals surface area contributed by atoms with Crippen molar-refractivity contribution in [1.29, 1.82) is 0 Å². The molecule has 4 rings (SSSR count). The molecule has 4 aromatic rings. The van der Waals surface area contributed by atoms with Crippen LogP contribution in [-0.4, -0.2) is 42.3 Å². The quantitative estimate of drug-likeness (QED) is 0.308. The number of benzene rings is 4. The summed E-state index contributed by atoms with van der Waals surface area (Å²) in [6.07, 6.45) is 0. The average molecular weight is 450 g/mol. The van der Waals surface area contributed by atoms with Crippen LogP contribution in [0.5, 0.6) is 0 Å². The second-order valence-electron chi connectivity index (χ2n) is 9.58. The fourth-order valence-corrected chi connectivity index (χ4v) is 4.27. The summed E-state index contributed by atoms with van der Waals surface area (Å²) in [5.41, 5.74) is 12.3. The Morgan fingerprint density at radius 3 is 1.15 bits per heavy atom. The molecule has 3 heteroatoms. The van der Waals surface area contributed by atoms with Gasteiger partial charge < -0.3 is 14.7 Å². The van der Waals surface area contributed by atoms with Crippen LogP contribution in [-0.2, 0) is 0 Å². The Hall–Kier alpha value is -3.72. The van der Waals surface area contributed by atoms with Gasteiger partial charge in [0.05, 0.1) is 0 Å². The Labute approximate surface area is 204 Å². The molecule has 0 N–H and O–H groups in total. The predicted molar refractivity (Wildman–Crippen MR) is 150 cm³/mol. The van der Waals surface area contributed by atoms with E-state index in [-0.39, 0.29) is 0 Å². The number of hydrogen-bond acceptors (Lipinski definition) is 3. The lowest BCUT2D eigenvalue weighted by atomic mass is 9.91. The second-order valence-corrected chi connectivity index (χ2v) is 9.58. The van der Waals surface area contributed by atoms with Crippen LogP contribution in [0.1, 0.15) is 5.56 Å². The standard InChI is InChI=1S/C31H35N3/c1-22-18-30(34(6)7)16-17-31(22)27-20-25(23-8-12-28(13-9-23)32(2)3)19-26(21-27)24-10-14-29(15-11-24)33(4)5/h8-21H,1-7H3. The van der Waals surface area contributed by atoms with E-state index in [9.17, 15) is 0 Å². The summed E-state index contributed by atoms with van der Waals surface area (Å²) in [6, 6.07) is 31.3. The Balaban J connectivity index is 1.85. The molecule has 0 saturated heterocycles. The van der Waals surface area contributed by atoms with Crippen molar-refractivity contribution in [2.75, 3.05) is 57.0 Å². The van der Waals surface area contributed by atoms with E-state index >= 15 is 0 Å². The number of aryl methyl sites for hydroxylation is 1. The summed E-state index contributed by atoms with van der Waals surface area (Å²) in [5, 5.41) is 0. The first-order valence-electron chi connectivity index (χ1n) is 11.7. The third-order valence-corrected chi connectivity index (χ3v) is 6.40. The molecule has 0 atom stereocenters. The molecule has 4 aromatic carbocycles. The molecule has 0 aliphatic heterocycles. The summed E-state index contributed by atoms with van der Waals surface area (Å²) < 4.78 is 0. The van der Waals surface area contributed by atoms with E-state index in [4.69, 9.17) is 0 Å². The SMILES string of the molecule is Cc1cc(N(C)C)ccc1-c1cc(-c2ccc(N(C)C)cc2)cc(-c2ccc(N(C)C)cc2)c1. The van der Waals surface area contributed by atoms with Gasteiger partial charge in [0.2, 0.25) is 0 Å². The summed E-state index contributed by atoms with van der Waals surface area (Å²) in [7, 11) is 12.5. The normalized spacial score (nSPS) is 10.8. The van der Waals surface area contributed by atoms with E-state index in [0.717, 1.165) is 0 Å². The van der Waals surface area contributed by atoms with Crippen LogP contribution < -0.4 is 14.7 Å². The van der Waals surface area contributed by atoms with E-state index in [1.54, 1.807) is 0 Å². The molecule has 0 fully saturated rings. The van der Waals surface area contributed by atoms with Crippen molar-refractivity contribution in [2.24, 2.45) is 0 Å². The molecule has 0 aromatic heterocycles. The fourth-order valence-electron chi connectivity index (χ4n) is 4.27. The first-order chi connectivity index (χ1) is 16.2. The van der Waals surface area contributed by atoms with Crippen LogP contribution in [0.15, 0.2) is 84.9 Å². The van der Waals surface area contributed by atoms with Gasteiger partial charge in [0, 0.05) is 59.3 Å². The summed E-state index contributed by atoms with van der Waals surface area (Å²) in [5.74, 6) is 0. The van der Waals surface area contributed by atoms with Gasteiger partial charge in [0.25, 0.3) is 0 Å². The molecule has 34 heavy (non-hydrogen) atoms. The molecule has 174 valence electrons. The summed E-state index contributed by atoms with van der Waals surface area (Å²) in [4.78, 5) is 6.42. The summed E-state index contributed by atoms with van der Waals surface area (Å²) >= 11 is 0. The van der Waals surface area contributed by atoms with E-state index < -0.39 is 0 Å². The largest absolute Gasteiger partial charge is 0.378 e. The smallest absolute Gasteiger partial charge is 0.0364 e. The first kappa shape index (κ1) is 23.4. The fraction of sp³-hybridized carbons (Fsp3) is 0.226. The van der Waals surface area contributed by atoms with Gasteiger partial charge in [0.1, 0.15) is 0 Å². The highest BCUT2D eigenvalue weighted by molar-refractivity contribution is 5.83. The molecule has 0 aliphatic carbocycles. The molecular formula is C31H35N3. The Morgan fingerprint density at radius 1 is 0.382 bits per heavy atom. The minimum Gasteiger partial charge on any atom is -0.378 e. The van der Waals surface area contributed by atoms with Gasteiger partial charge in [-0.2, -0.15) is 0 Å². The maximum Gasteiger partial charge on any atom is 0.0364 e. The van der Waals surface area contributed by atoms with E-state index in [1.165, 1.54) is 56.0 Å². The number of hydrogen-bond donors (Lipinski definition) is 0. The molecule has 0 spiro atoms. The maximum absolute atomic E-state index is 2.32. The van der Waals surface area contributed by atoms with Crippen LogP contribution in [0, 0.1) is 6.92 Å². The van der Waals surface area contributed by atoms with Gasteiger partial charge in [-0.15, -0.1) is 0 Å². The Kier molecular flexibility index (Phi) is 6.65. The predicted octanol–water partition coefficient (Wildman–Crippen LogP) is 7.19. The van der Waals surface area contributed by atoms with Crippen molar-refractivity contribution in [3.05, 3.63) is 90.5 Å². The number of rotatable bonds is 6. The molecule has 0 aliphatic rings. The maximum atomic E-state index is 2.32. The van der Waals surface area contributed by atoms with Crippen LogP contribution in [0.2, 0.25) is 0 Å². The van der Waals surface area contributed by atoms with Gasteiger partial charge in [0.15, 0.2) is 0 Å². The van der Waals surface area contributed by atoms with Crippen molar-refractivity contribution in [1.82, 2.24) is 0 Å². The highest BCUT2D eigenvalue weighted by atomic mass is 15.1. The lowest BCUT2D eigenvalue weighted by Crippen LogP contribution is -2.08. The van der Waals surface area contributed by atoms with Crippen LogP contribution in [0.3, 0.4) is 0 Å². The topological polar surface area (TPSA) is 9.72 Å².